The van der Waals surface area contributed by atoms with E-state index in [4.69, 9.17) is 21.7 Å². The number of aromatic nitrogens is 2. The quantitative estimate of drug-likeness (QED) is 0.505. The third-order valence-corrected chi connectivity index (χ3v) is 5.54. The molecule has 2 unspecified atom stereocenters. The number of carbonyl (C=O) groups excluding carboxylic acids is 1. The molecule has 4 rings (SSSR count). The molecular formula is C21H24BN5O4. The number of nitrogens with two attached hydrogens (primary N) is 1. The Labute approximate surface area is 180 Å². The summed E-state index contributed by atoms with van der Waals surface area (Å²) in [5.41, 5.74) is 8.34. The van der Waals surface area contributed by atoms with Crippen molar-refractivity contribution in [3.8, 4) is 5.75 Å². The molecule has 10 heteroatoms. The first-order chi connectivity index (χ1) is 14.9. The van der Waals surface area contributed by atoms with Crippen molar-refractivity contribution in [1.82, 2.24) is 9.78 Å². The second kappa shape index (κ2) is 8.45. The summed E-state index contributed by atoms with van der Waals surface area (Å²) in [7, 11) is -0.978. The van der Waals surface area contributed by atoms with Gasteiger partial charge in [0.15, 0.2) is 5.82 Å². The Morgan fingerprint density at radius 3 is 3.00 bits per heavy atom. The van der Waals surface area contributed by atoms with E-state index >= 15 is 0 Å². The molecule has 1 aromatic carbocycles. The lowest BCUT2D eigenvalue weighted by Gasteiger charge is -2.24. The summed E-state index contributed by atoms with van der Waals surface area (Å²) in [6.07, 6.45) is 2.18. The summed E-state index contributed by atoms with van der Waals surface area (Å²) in [5, 5.41) is 17.6. The third-order valence-electron chi connectivity index (χ3n) is 5.54. The number of rotatable bonds is 5. The average molecular weight is 421 g/mol. The van der Waals surface area contributed by atoms with Crippen LogP contribution in [0.25, 0.3) is 10.4 Å². The van der Waals surface area contributed by atoms with E-state index in [1.807, 2.05) is 19.9 Å². The number of allylic oxidation sites excluding steroid dienone is 1. The predicted octanol–water partition coefficient (Wildman–Crippen LogP) is 2.43. The second-order valence-corrected chi connectivity index (χ2v) is 7.98. The van der Waals surface area contributed by atoms with Crippen LogP contribution in [-0.2, 0) is 4.74 Å². The molecule has 0 radical (unpaired) electrons. The van der Waals surface area contributed by atoms with Gasteiger partial charge in [-0.1, -0.05) is 13.8 Å². The van der Waals surface area contributed by atoms with Crippen molar-refractivity contribution >= 4 is 30.1 Å². The molecule has 1 aromatic heterocycles. The molecule has 2 aromatic rings. The monoisotopic (exact) mass is 421 g/mol. The number of carbonyl (C=O) groups is 1. The molecule has 160 valence electrons. The Bertz CT molecular complexity index is 1070. The Kier molecular flexibility index (Phi) is 5.72. The van der Waals surface area contributed by atoms with Crippen LogP contribution in [0.3, 0.4) is 0 Å². The Hall–Kier alpha value is -3.29. The number of anilines is 2. The van der Waals surface area contributed by atoms with Gasteiger partial charge in [0.1, 0.15) is 17.4 Å². The smallest absolute Gasteiger partial charge is 0.532 e. The van der Waals surface area contributed by atoms with Crippen LogP contribution in [0.4, 0.5) is 11.5 Å². The number of benzene rings is 1. The summed E-state index contributed by atoms with van der Waals surface area (Å²) in [6, 6.07) is 4.88. The van der Waals surface area contributed by atoms with Gasteiger partial charge in [-0.3, -0.25) is 9.48 Å². The molecule has 4 N–H and O–H groups in total. The number of ether oxygens (including phenoxy) is 1. The van der Waals surface area contributed by atoms with Crippen molar-refractivity contribution in [2.45, 2.75) is 32.4 Å². The van der Waals surface area contributed by atoms with Gasteiger partial charge >= 0.3 is 7.12 Å². The highest BCUT2D eigenvalue weighted by Gasteiger charge is 2.34. The van der Waals surface area contributed by atoms with Crippen LogP contribution < -0.4 is 15.7 Å². The minimum atomic E-state index is -0.978. The first-order valence-electron chi connectivity index (χ1n) is 10.2. The van der Waals surface area contributed by atoms with Gasteiger partial charge in [-0.25, -0.2) is 6.57 Å². The van der Waals surface area contributed by atoms with Crippen LogP contribution in [0.2, 0.25) is 0 Å². The van der Waals surface area contributed by atoms with E-state index in [9.17, 15) is 9.82 Å². The lowest BCUT2D eigenvalue weighted by atomic mass is 9.78. The van der Waals surface area contributed by atoms with Crippen molar-refractivity contribution < 1.29 is 19.2 Å². The van der Waals surface area contributed by atoms with E-state index in [1.54, 1.807) is 29.0 Å². The topological polar surface area (TPSA) is 116 Å². The molecule has 2 atom stereocenters. The van der Waals surface area contributed by atoms with E-state index in [0.717, 1.165) is 11.1 Å². The highest BCUT2D eigenvalue weighted by molar-refractivity contribution is 6.52. The average Bonchev–Trinajstić information content (AvgIpc) is 3.17. The van der Waals surface area contributed by atoms with E-state index in [1.165, 1.54) is 0 Å². The molecule has 3 heterocycles. The minimum Gasteiger partial charge on any atom is -0.532 e. The largest absolute Gasteiger partial charge is 0.552 e. The molecule has 31 heavy (non-hydrogen) atoms. The molecule has 0 spiro atoms. The lowest BCUT2D eigenvalue weighted by Crippen LogP contribution is -2.32. The van der Waals surface area contributed by atoms with Gasteiger partial charge in [0.25, 0.3) is 5.91 Å². The summed E-state index contributed by atoms with van der Waals surface area (Å²) in [5.74, 6) is 2.16. The van der Waals surface area contributed by atoms with E-state index in [-0.39, 0.29) is 23.6 Å². The molecule has 0 bridgehead atoms. The number of amides is 1. The van der Waals surface area contributed by atoms with Crippen LogP contribution in [0, 0.1) is 12.5 Å². The first kappa shape index (κ1) is 21.0. The predicted molar refractivity (Wildman–Crippen MR) is 117 cm³/mol. The van der Waals surface area contributed by atoms with Crippen LogP contribution in [0.1, 0.15) is 42.2 Å². The van der Waals surface area contributed by atoms with Gasteiger partial charge in [-0.05, 0) is 35.7 Å². The van der Waals surface area contributed by atoms with Gasteiger partial charge in [0.2, 0.25) is 6.04 Å². The van der Waals surface area contributed by atoms with Gasteiger partial charge < -0.3 is 30.3 Å². The summed E-state index contributed by atoms with van der Waals surface area (Å²) in [4.78, 5) is 15.7. The third kappa shape index (κ3) is 4.15. The fraction of sp³-hybridized carbons (Fsp3) is 0.381. The van der Waals surface area contributed by atoms with Crippen molar-refractivity contribution in [3.05, 3.63) is 52.9 Å². The number of fused-ring (bicyclic) bond motifs is 1. The maximum atomic E-state index is 12.0. The number of hydrogen-bond acceptors (Lipinski definition) is 6. The zero-order valence-corrected chi connectivity index (χ0v) is 17.4. The molecule has 2 aliphatic rings. The Morgan fingerprint density at radius 1 is 1.48 bits per heavy atom. The summed E-state index contributed by atoms with van der Waals surface area (Å²) in [6.45, 7) is 12.4. The maximum absolute atomic E-state index is 12.0. The lowest BCUT2D eigenvalue weighted by molar-refractivity contribution is 0.0506. The van der Waals surface area contributed by atoms with Crippen molar-refractivity contribution in [2.75, 3.05) is 18.5 Å². The zero-order chi connectivity index (χ0) is 22.1. The SMILES string of the molecule is [C-]#[N+]C1CCOCC1n1cc(C(N)=O)c(Nc2ccc3c(c2)C(C(C)C)=CB(O)O3)n1. The maximum Gasteiger partial charge on any atom is 0.552 e. The molecule has 1 fully saturated rings. The van der Waals surface area contributed by atoms with Crippen LogP contribution in [0.5, 0.6) is 5.75 Å². The number of nitrogens with one attached hydrogen (secondary N) is 1. The molecule has 1 amide bonds. The van der Waals surface area contributed by atoms with Gasteiger partial charge in [-0.15, -0.1) is 0 Å². The highest BCUT2D eigenvalue weighted by atomic mass is 16.5. The van der Waals surface area contributed by atoms with E-state index in [0.29, 0.717) is 36.9 Å². The number of nitrogens with zero attached hydrogens (tertiary/aromatic N) is 3. The zero-order valence-electron chi connectivity index (χ0n) is 17.4. The van der Waals surface area contributed by atoms with E-state index in [2.05, 4.69) is 15.3 Å². The minimum absolute atomic E-state index is 0.185. The molecule has 0 saturated carbocycles. The molecular weight excluding hydrogens is 397 g/mol. The standard InChI is InChI=1S/C21H24BN5O4/c1-12(2)15-9-22(29)31-19-5-4-13(8-14(15)19)25-21-16(20(23)28)10-27(26-21)18-11-30-7-6-17(18)24-3/h4-5,8-10,12,17-18,29H,6-7,11H2,1-2H3,(H2,23,28)(H,25,26). The molecule has 1 saturated heterocycles. The van der Waals surface area contributed by atoms with Gasteiger partial charge in [-0.2, -0.15) is 5.10 Å². The summed E-state index contributed by atoms with van der Waals surface area (Å²) >= 11 is 0. The molecule has 9 nitrogen and oxygen atoms in total. The van der Waals surface area contributed by atoms with Crippen molar-refractivity contribution in [1.29, 1.82) is 0 Å². The van der Waals surface area contributed by atoms with Gasteiger partial charge in [0.05, 0.1) is 13.2 Å². The normalized spacial score (nSPS) is 20.5. The Balaban J connectivity index is 1.67. The molecule has 0 aliphatic carbocycles. The van der Waals surface area contributed by atoms with Crippen LogP contribution >= 0.6 is 0 Å². The van der Waals surface area contributed by atoms with Crippen molar-refractivity contribution in [3.63, 3.8) is 0 Å². The fourth-order valence-corrected chi connectivity index (χ4v) is 3.93. The number of primary amides is 1. The first-order valence-corrected chi connectivity index (χ1v) is 10.2. The van der Waals surface area contributed by atoms with Gasteiger partial charge in [0, 0.05) is 23.9 Å². The van der Waals surface area contributed by atoms with Crippen LogP contribution in [0.15, 0.2) is 30.4 Å². The molecule has 2 aliphatic heterocycles. The fourth-order valence-electron chi connectivity index (χ4n) is 3.93. The second-order valence-electron chi connectivity index (χ2n) is 7.98. The van der Waals surface area contributed by atoms with Crippen LogP contribution in [-0.4, -0.2) is 47.1 Å². The van der Waals surface area contributed by atoms with Crippen molar-refractivity contribution in [2.24, 2.45) is 11.7 Å². The Morgan fingerprint density at radius 2 is 2.29 bits per heavy atom. The summed E-state index contributed by atoms with van der Waals surface area (Å²) < 4.78 is 12.6. The highest BCUT2D eigenvalue weighted by Crippen LogP contribution is 2.37. The van der Waals surface area contributed by atoms with E-state index < -0.39 is 13.0 Å². The number of hydrogen-bond donors (Lipinski definition) is 3.